The summed E-state index contributed by atoms with van der Waals surface area (Å²) in [6, 6.07) is 2.24. The van der Waals surface area contributed by atoms with Gasteiger partial charge in [-0.1, -0.05) is 12.1 Å². The largest absolute Gasteiger partial charge is 0.492 e. The predicted octanol–water partition coefficient (Wildman–Crippen LogP) is 3.54. The minimum atomic E-state index is -0.902. The molecule has 0 aromatic carbocycles. The van der Waals surface area contributed by atoms with Gasteiger partial charge in [0.2, 0.25) is 5.91 Å². The number of imidazole rings is 1. The monoisotopic (exact) mass is 437 g/mol. The van der Waals surface area contributed by atoms with E-state index in [1.165, 1.54) is 12.5 Å². The summed E-state index contributed by atoms with van der Waals surface area (Å²) in [5, 5.41) is 3.02. The van der Waals surface area contributed by atoms with Gasteiger partial charge in [-0.25, -0.2) is 4.98 Å². The second-order valence-corrected chi connectivity index (χ2v) is 8.90. The molecule has 2 aromatic rings. The number of amides is 2. The minimum Gasteiger partial charge on any atom is -0.492 e. The van der Waals surface area contributed by atoms with Crippen LogP contribution < -0.4 is 5.32 Å². The van der Waals surface area contributed by atoms with Gasteiger partial charge in [0.1, 0.15) is 17.8 Å². The first-order valence-corrected chi connectivity index (χ1v) is 10.7. The number of carbonyl (C=O) groups is 2. The smallest absolute Gasteiger partial charge is 0.273 e. The molecule has 0 bridgehead atoms. The van der Waals surface area contributed by atoms with E-state index >= 15 is 0 Å². The Balaban J connectivity index is 2.02. The van der Waals surface area contributed by atoms with Crippen LogP contribution >= 0.6 is 0 Å². The SMILES string of the molecule is C=CCC1=CCC(C(C)N(C(=O)c2cnc[nH]2)C(C(=O)NC(C)(C)C)c2cccnc2)O1. The molecule has 3 atom stereocenters. The van der Waals surface area contributed by atoms with Crippen LogP contribution in [0.2, 0.25) is 0 Å². The highest BCUT2D eigenvalue weighted by atomic mass is 16.5. The molecule has 0 aliphatic carbocycles. The Morgan fingerprint density at radius 2 is 2.16 bits per heavy atom. The van der Waals surface area contributed by atoms with Gasteiger partial charge in [-0.3, -0.25) is 14.6 Å². The summed E-state index contributed by atoms with van der Waals surface area (Å²) in [6.45, 7) is 11.4. The molecule has 0 saturated heterocycles. The highest BCUT2D eigenvalue weighted by Crippen LogP contribution is 2.32. The molecule has 2 aromatic heterocycles. The van der Waals surface area contributed by atoms with Gasteiger partial charge in [-0.2, -0.15) is 0 Å². The van der Waals surface area contributed by atoms with E-state index in [0.717, 1.165) is 5.76 Å². The Morgan fingerprint density at radius 3 is 2.75 bits per heavy atom. The zero-order valence-corrected chi connectivity index (χ0v) is 19.0. The van der Waals surface area contributed by atoms with Crippen LogP contribution in [0, 0.1) is 0 Å². The zero-order valence-electron chi connectivity index (χ0n) is 19.0. The van der Waals surface area contributed by atoms with Crippen molar-refractivity contribution in [2.45, 2.75) is 64.3 Å². The van der Waals surface area contributed by atoms with Gasteiger partial charge in [0, 0.05) is 36.3 Å². The Bertz CT molecular complexity index is 963. The molecule has 8 nitrogen and oxygen atoms in total. The first kappa shape index (κ1) is 23.2. The second kappa shape index (κ2) is 9.80. The Kier molecular flexibility index (Phi) is 7.12. The summed E-state index contributed by atoms with van der Waals surface area (Å²) in [5.74, 6) is 0.194. The van der Waals surface area contributed by atoms with Gasteiger partial charge in [-0.05, 0) is 39.8 Å². The highest BCUT2D eigenvalue weighted by Gasteiger charge is 2.41. The van der Waals surface area contributed by atoms with E-state index in [1.807, 2.05) is 33.8 Å². The number of allylic oxidation sites excluding steroid dienone is 1. The van der Waals surface area contributed by atoms with Crippen LogP contribution in [-0.2, 0) is 9.53 Å². The lowest BCUT2D eigenvalue weighted by atomic mass is 9.98. The van der Waals surface area contributed by atoms with Crippen molar-refractivity contribution in [1.29, 1.82) is 0 Å². The van der Waals surface area contributed by atoms with Crippen molar-refractivity contribution < 1.29 is 14.3 Å². The maximum atomic E-state index is 13.7. The topological polar surface area (TPSA) is 100 Å². The molecule has 2 amide bonds. The number of H-pyrrole nitrogens is 1. The summed E-state index contributed by atoms with van der Waals surface area (Å²) < 4.78 is 6.10. The lowest BCUT2D eigenvalue weighted by Gasteiger charge is -2.39. The van der Waals surface area contributed by atoms with Gasteiger partial charge in [0.15, 0.2) is 0 Å². The Hall–Kier alpha value is -3.42. The highest BCUT2D eigenvalue weighted by molar-refractivity contribution is 5.96. The molecule has 1 aliphatic rings. The van der Waals surface area contributed by atoms with Crippen molar-refractivity contribution in [2.75, 3.05) is 0 Å². The van der Waals surface area contributed by atoms with Crippen molar-refractivity contribution in [3.8, 4) is 0 Å². The van der Waals surface area contributed by atoms with Gasteiger partial charge in [0.05, 0.1) is 24.3 Å². The van der Waals surface area contributed by atoms with Crippen LogP contribution in [0.1, 0.15) is 62.6 Å². The average Bonchev–Trinajstić information content (AvgIpc) is 3.43. The molecule has 3 rings (SSSR count). The number of pyridine rings is 1. The van der Waals surface area contributed by atoms with Gasteiger partial charge in [-0.15, -0.1) is 6.58 Å². The van der Waals surface area contributed by atoms with E-state index in [0.29, 0.717) is 24.1 Å². The number of rotatable bonds is 8. The molecule has 0 fully saturated rings. The van der Waals surface area contributed by atoms with Crippen molar-refractivity contribution >= 4 is 11.8 Å². The van der Waals surface area contributed by atoms with E-state index < -0.39 is 17.6 Å². The van der Waals surface area contributed by atoms with Gasteiger partial charge < -0.3 is 19.9 Å². The van der Waals surface area contributed by atoms with Gasteiger partial charge >= 0.3 is 0 Å². The Morgan fingerprint density at radius 1 is 1.38 bits per heavy atom. The summed E-state index contributed by atoms with van der Waals surface area (Å²) in [7, 11) is 0. The molecule has 3 unspecified atom stereocenters. The number of nitrogens with one attached hydrogen (secondary N) is 2. The summed E-state index contributed by atoms with van der Waals surface area (Å²) in [4.78, 5) is 39.8. The normalized spacial score (nSPS) is 17.6. The van der Waals surface area contributed by atoms with E-state index in [9.17, 15) is 9.59 Å². The molecular weight excluding hydrogens is 406 g/mol. The van der Waals surface area contributed by atoms with Crippen molar-refractivity contribution in [1.82, 2.24) is 25.2 Å². The average molecular weight is 438 g/mol. The van der Waals surface area contributed by atoms with E-state index in [4.69, 9.17) is 4.74 Å². The van der Waals surface area contributed by atoms with Crippen LogP contribution in [-0.4, -0.2) is 49.4 Å². The summed E-state index contributed by atoms with van der Waals surface area (Å²) in [6.07, 6.45) is 10.9. The molecule has 0 radical (unpaired) electrons. The van der Waals surface area contributed by atoms with Crippen molar-refractivity contribution in [2.24, 2.45) is 0 Å². The fourth-order valence-corrected chi connectivity index (χ4v) is 3.75. The van der Waals surface area contributed by atoms with E-state index in [-0.39, 0.29) is 17.9 Å². The quantitative estimate of drug-likeness (QED) is 0.615. The van der Waals surface area contributed by atoms with E-state index in [1.54, 1.807) is 35.5 Å². The summed E-state index contributed by atoms with van der Waals surface area (Å²) >= 11 is 0. The first-order valence-electron chi connectivity index (χ1n) is 10.7. The fourth-order valence-electron chi connectivity index (χ4n) is 3.75. The molecular formula is C24H31N5O3. The third-order valence-corrected chi connectivity index (χ3v) is 5.19. The molecule has 0 saturated carbocycles. The van der Waals surface area contributed by atoms with Gasteiger partial charge in [0.25, 0.3) is 5.91 Å². The standard InChI is InChI=1S/C24H31N5O3/c1-6-8-18-10-11-20(32-18)16(2)29(23(31)19-14-26-15-27-19)21(17-9-7-12-25-13-17)22(30)28-24(3,4)5/h6-7,9-10,12-16,20-21H,1,8,11H2,2-5H3,(H,26,27)(H,28,30). The third-order valence-electron chi connectivity index (χ3n) is 5.19. The van der Waals surface area contributed by atoms with Crippen LogP contribution in [0.3, 0.4) is 0 Å². The zero-order chi connectivity index (χ0) is 23.3. The van der Waals surface area contributed by atoms with Crippen LogP contribution in [0.4, 0.5) is 0 Å². The minimum absolute atomic E-state index is 0.289. The molecule has 32 heavy (non-hydrogen) atoms. The maximum absolute atomic E-state index is 13.7. The number of ether oxygens (including phenoxy) is 1. The van der Waals surface area contributed by atoms with Crippen LogP contribution in [0.15, 0.2) is 61.5 Å². The first-order chi connectivity index (χ1) is 15.2. The number of nitrogens with zero attached hydrogens (tertiary/aromatic N) is 3. The molecule has 8 heteroatoms. The number of aromatic nitrogens is 3. The van der Waals surface area contributed by atoms with E-state index in [2.05, 4.69) is 26.8 Å². The number of aromatic amines is 1. The molecule has 1 aliphatic heterocycles. The maximum Gasteiger partial charge on any atom is 0.273 e. The predicted molar refractivity (Wildman–Crippen MR) is 121 cm³/mol. The molecule has 0 spiro atoms. The fraction of sp³-hybridized carbons (Fsp3) is 0.417. The lowest BCUT2D eigenvalue weighted by molar-refractivity contribution is -0.128. The summed E-state index contributed by atoms with van der Waals surface area (Å²) in [5.41, 5.74) is 0.435. The van der Waals surface area contributed by atoms with Crippen LogP contribution in [0.25, 0.3) is 0 Å². The third kappa shape index (κ3) is 5.43. The van der Waals surface area contributed by atoms with Crippen LogP contribution in [0.5, 0.6) is 0 Å². The molecule has 2 N–H and O–H groups in total. The van der Waals surface area contributed by atoms with Crippen molar-refractivity contribution in [3.05, 3.63) is 72.8 Å². The van der Waals surface area contributed by atoms with Crippen molar-refractivity contribution in [3.63, 3.8) is 0 Å². The molecule has 170 valence electrons. The lowest BCUT2D eigenvalue weighted by Crippen LogP contribution is -2.54. The Labute approximate surface area is 188 Å². The molecule has 3 heterocycles. The number of hydrogen-bond acceptors (Lipinski definition) is 5. The second-order valence-electron chi connectivity index (χ2n) is 8.90. The number of carbonyl (C=O) groups excluding carboxylic acids is 2. The number of hydrogen-bond donors (Lipinski definition) is 2.